The molecule has 6 heteroatoms. The Balaban J connectivity index is 2.83. The molecule has 2 amide bonds. The minimum atomic E-state index is -0.910. The summed E-state index contributed by atoms with van der Waals surface area (Å²) in [6, 6.07) is -0.713. The number of carboxylic acid groups (broad SMARTS) is 1. The third-order valence-electron chi connectivity index (χ3n) is 3.95. The topological polar surface area (TPSA) is 70.1 Å². The van der Waals surface area contributed by atoms with Crippen LogP contribution in [0.25, 0.3) is 0 Å². The molecule has 0 aromatic carbocycles. The SMILES string of the molecule is CCC(CC)N(CCOC)C(=O)N1CCC[C@@H]1C(=O)O. The van der Waals surface area contributed by atoms with Gasteiger partial charge in [-0.3, -0.25) is 0 Å². The number of hydrogen-bond donors (Lipinski definition) is 1. The van der Waals surface area contributed by atoms with Crippen LogP contribution in [-0.4, -0.2) is 65.8 Å². The average molecular weight is 286 g/mol. The Morgan fingerprint density at radius 1 is 1.40 bits per heavy atom. The van der Waals surface area contributed by atoms with Crippen molar-refractivity contribution in [1.82, 2.24) is 9.80 Å². The maximum absolute atomic E-state index is 12.7. The number of carbonyl (C=O) groups is 2. The van der Waals surface area contributed by atoms with Gasteiger partial charge in [0, 0.05) is 26.2 Å². The summed E-state index contributed by atoms with van der Waals surface area (Å²) in [6.07, 6.45) is 3.01. The van der Waals surface area contributed by atoms with Crippen LogP contribution >= 0.6 is 0 Å². The lowest BCUT2D eigenvalue weighted by Crippen LogP contribution is -2.52. The van der Waals surface area contributed by atoms with E-state index in [9.17, 15) is 14.7 Å². The molecule has 1 atom stereocenters. The number of rotatable bonds is 7. The Bertz CT molecular complexity index is 331. The predicted molar refractivity (Wildman–Crippen MR) is 75.7 cm³/mol. The molecule has 0 aromatic rings. The number of amides is 2. The first-order valence-corrected chi connectivity index (χ1v) is 7.35. The third kappa shape index (κ3) is 3.85. The quantitative estimate of drug-likeness (QED) is 0.774. The Kier molecular flexibility index (Phi) is 6.78. The smallest absolute Gasteiger partial charge is 0.326 e. The van der Waals surface area contributed by atoms with Crippen molar-refractivity contribution in [3.8, 4) is 0 Å². The molecule has 1 N–H and O–H groups in total. The highest BCUT2D eigenvalue weighted by Gasteiger charge is 2.37. The lowest BCUT2D eigenvalue weighted by molar-refractivity contribution is -0.141. The number of nitrogens with zero attached hydrogens (tertiary/aromatic N) is 2. The van der Waals surface area contributed by atoms with Gasteiger partial charge in [0.2, 0.25) is 0 Å². The molecule has 1 aliphatic rings. The standard InChI is InChI=1S/C14H26N2O4/c1-4-11(5-2)15(9-10-20-3)14(19)16-8-6-7-12(16)13(17)18/h11-12H,4-10H2,1-3H3,(H,17,18)/t12-/m1/s1. The molecule has 0 saturated carbocycles. The van der Waals surface area contributed by atoms with E-state index in [0.29, 0.717) is 26.1 Å². The van der Waals surface area contributed by atoms with E-state index in [1.807, 2.05) is 13.8 Å². The monoisotopic (exact) mass is 286 g/mol. The molecule has 0 radical (unpaired) electrons. The molecular formula is C14H26N2O4. The molecule has 0 bridgehead atoms. The molecule has 6 nitrogen and oxygen atoms in total. The minimum absolute atomic E-state index is 0.132. The van der Waals surface area contributed by atoms with E-state index in [1.54, 1.807) is 12.0 Å². The zero-order valence-electron chi connectivity index (χ0n) is 12.7. The van der Waals surface area contributed by atoms with E-state index in [2.05, 4.69) is 0 Å². The molecule has 0 aliphatic carbocycles. The Hall–Kier alpha value is -1.30. The van der Waals surface area contributed by atoms with Crippen molar-refractivity contribution in [2.24, 2.45) is 0 Å². The van der Waals surface area contributed by atoms with E-state index in [0.717, 1.165) is 19.3 Å². The first-order chi connectivity index (χ1) is 9.56. The maximum atomic E-state index is 12.7. The Labute approximate surface area is 120 Å². The summed E-state index contributed by atoms with van der Waals surface area (Å²) in [6.45, 7) is 5.58. The van der Waals surface area contributed by atoms with Crippen molar-refractivity contribution in [2.45, 2.75) is 51.6 Å². The molecule has 1 saturated heterocycles. The van der Waals surface area contributed by atoms with Crippen molar-refractivity contribution in [3.63, 3.8) is 0 Å². The van der Waals surface area contributed by atoms with E-state index in [4.69, 9.17) is 4.74 Å². The van der Waals surface area contributed by atoms with Crippen LogP contribution in [-0.2, 0) is 9.53 Å². The van der Waals surface area contributed by atoms with E-state index < -0.39 is 12.0 Å². The van der Waals surface area contributed by atoms with Gasteiger partial charge in [-0.1, -0.05) is 13.8 Å². The summed E-state index contributed by atoms with van der Waals surface area (Å²) in [5.41, 5.74) is 0. The second-order valence-corrected chi connectivity index (χ2v) is 5.13. The van der Waals surface area contributed by atoms with Crippen molar-refractivity contribution < 1.29 is 19.4 Å². The normalized spacial score (nSPS) is 18.6. The van der Waals surface area contributed by atoms with Crippen LogP contribution in [0.3, 0.4) is 0 Å². The summed E-state index contributed by atoms with van der Waals surface area (Å²) in [5, 5.41) is 9.21. The molecule has 0 spiro atoms. The molecule has 0 unspecified atom stereocenters. The first kappa shape index (κ1) is 16.8. The number of hydrogen-bond acceptors (Lipinski definition) is 3. The van der Waals surface area contributed by atoms with E-state index in [1.165, 1.54) is 4.90 Å². The van der Waals surface area contributed by atoms with Crippen LogP contribution in [0.5, 0.6) is 0 Å². The second kappa shape index (κ2) is 8.09. The fourth-order valence-electron chi connectivity index (χ4n) is 2.77. The molecule has 116 valence electrons. The minimum Gasteiger partial charge on any atom is -0.480 e. The number of methoxy groups -OCH3 is 1. The van der Waals surface area contributed by atoms with Gasteiger partial charge >= 0.3 is 12.0 Å². The Morgan fingerprint density at radius 2 is 2.05 bits per heavy atom. The highest BCUT2D eigenvalue weighted by molar-refractivity contribution is 5.83. The highest BCUT2D eigenvalue weighted by atomic mass is 16.5. The zero-order chi connectivity index (χ0) is 15.1. The molecule has 20 heavy (non-hydrogen) atoms. The van der Waals surface area contributed by atoms with Crippen LogP contribution in [0.2, 0.25) is 0 Å². The number of carbonyl (C=O) groups excluding carboxylic acids is 1. The lowest BCUT2D eigenvalue weighted by atomic mass is 10.1. The summed E-state index contributed by atoms with van der Waals surface area (Å²) < 4.78 is 5.07. The molecular weight excluding hydrogens is 260 g/mol. The maximum Gasteiger partial charge on any atom is 0.326 e. The van der Waals surface area contributed by atoms with Gasteiger partial charge in [-0.25, -0.2) is 9.59 Å². The van der Waals surface area contributed by atoms with Crippen LogP contribution in [0.4, 0.5) is 4.79 Å². The van der Waals surface area contributed by atoms with Gasteiger partial charge in [0.15, 0.2) is 0 Å². The van der Waals surface area contributed by atoms with Gasteiger partial charge in [-0.15, -0.1) is 0 Å². The Morgan fingerprint density at radius 3 is 2.55 bits per heavy atom. The van der Waals surface area contributed by atoms with E-state index >= 15 is 0 Å². The second-order valence-electron chi connectivity index (χ2n) is 5.13. The number of likely N-dealkylation sites (tertiary alicyclic amines) is 1. The van der Waals surface area contributed by atoms with Crippen LogP contribution in [0.15, 0.2) is 0 Å². The molecule has 1 fully saturated rings. The van der Waals surface area contributed by atoms with E-state index in [-0.39, 0.29) is 12.1 Å². The van der Waals surface area contributed by atoms with Gasteiger partial charge in [0.1, 0.15) is 6.04 Å². The average Bonchev–Trinajstić information content (AvgIpc) is 2.92. The van der Waals surface area contributed by atoms with Gasteiger partial charge < -0.3 is 19.6 Å². The summed E-state index contributed by atoms with van der Waals surface area (Å²) in [7, 11) is 1.60. The summed E-state index contributed by atoms with van der Waals surface area (Å²) in [4.78, 5) is 27.1. The lowest BCUT2D eigenvalue weighted by Gasteiger charge is -2.35. The number of aliphatic carboxylic acids is 1. The van der Waals surface area contributed by atoms with Gasteiger partial charge in [0.25, 0.3) is 0 Å². The number of urea groups is 1. The highest BCUT2D eigenvalue weighted by Crippen LogP contribution is 2.21. The fourth-order valence-corrected chi connectivity index (χ4v) is 2.77. The molecule has 1 heterocycles. The van der Waals surface area contributed by atoms with Crippen molar-refractivity contribution in [2.75, 3.05) is 26.8 Å². The zero-order valence-corrected chi connectivity index (χ0v) is 12.7. The van der Waals surface area contributed by atoms with Crippen LogP contribution < -0.4 is 0 Å². The first-order valence-electron chi connectivity index (χ1n) is 7.35. The van der Waals surface area contributed by atoms with Crippen molar-refractivity contribution in [3.05, 3.63) is 0 Å². The van der Waals surface area contributed by atoms with Crippen molar-refractivity contribution in [1.29, 1.82) is 0 Å². The molecule has 1 aliphatic heterocycles. The largest absolute Gasteiger partial charge is 0.480 e. The van der Waals surface area contributed by atoms with Gasteiger partial charge in [-0.05, 0) is 25.7 Å². The summed E-state index contributed by atoms with van der Waals surface area (Å²) in [5.74, 6) is -0.910. The van der Waals surface area contributed by atoms with Gasteiger partial charge in [0.05, 0.1) is 6.61 Å². The number of ether oxygens (including phenoxy) is 1. The number of carboxylic acids is 1. The van der Waals surface area contributed by atoms with Gasteiger partial charge in [-0.2, -0.15) is 0 Å². The molecule has 0 aromatic heterocycles. The van der Waals surface area contributed by atoms with Crippen LogP contribution in [0, 0.1) is 0 Å². The fraction of sp³-hybridized carbons (Fsp3) is 0.857. The third-order valence-corrected chi connectivity index (χ3v) is 3.95. The van der Waals surface area contributed by atoms with Crippen LogP contribution in [0.1, 0.15) is 39.5 Å². The molecule has 1 rings (SSSR count). The van der Waals surface area contributed by atoms with Crippen molar-refractivity contribution >= 4 is 12.0 Å². The summed E-state index contributed by atoms with van der Waals surface area (Å²) >= 11 is 0. The predicted octanol–water partition coefficient (Wildman–Crippen LogP) is 1.79.